The van der Waals surface area contributed by atoms with Gasteiger partial charge in [-0.2, -0.15) is 13.2 Å². The molecule has 2 fully saturated rings. The summed E-state index contributed by atoms with van der Waals surface area (Å²) in [5.74, 6) is -0.834. The number of likely N-dealkylation sites (tertiary alicyclic amines) is 1. The minimum absolute atomic E-state index is 0.0864. The van der Waals surface area contributed by atoms with Crippen molar-refractivity contribution >= 4 is 0 Å². The van der Waals surface area contributed by atoms with Crippen molar-refractivity contribution in [3.63, 3.8) is 0 Å². The van der Waals surface area contributed by atoms with Gasteiger partial charge in [0.15, 0.2) is 0 Å². The minimum atomic E-state index is -4.07. The van der Waals surface area contributed by atoms with Gasteiger partial charge in [0.05, 0.1) is 18.1 Å². The number of halogens is 3. The SMILES string of the molecule is NC(CO)(CN1CCC(C(F)(F)F)CC1)C1CC1. The lowest BCUT2D eigenvalue weighted by molar-refractivity contribution is -0.185. The maximum absolute atomic E-state index is 12.5. The van der Waals surface area contributed by atoms with Crippen LogP contribution in [0.5, 0.6) is 0 Å². The first-order chi connectivity index (χ1) is 8.35. The van der Waals surface area contributed by atoms with Crippen LogP contribution in [0.4, 0.5) is 13.2 Å². The van der Waals surface area contributed by atoms with Crippen molar-refractivity contribution in [3.05, 3.63) is 0 Å². The topological polar surface area (TPSA) is 49.5 Å². The third-order valence-corrected chi connectivity index (χ3v) is 4.25. The number of aliphatic hydroxyl groups is 1. The Hall–Kier alpha value is -0.330. The smallest absolute Gasteiger partial charge is 0.391 e. The average Bonchev–Trinajstić information content (AvgIpc) is 3.12. The van der Waals surface area contributed by atoms with E-state index in [0.717, 1.165) is 12.8 Å². The monoisotopic (exact) mass is 266 g/mol. The van der Waals surface area contributed by atoms with Gasteiger partial charge < -0.3 is 15.7 Å². The molecule has 0 amide bonds. The van der Waals surface area contributed by atoms with E-state index in [2.05, 4.69) is 0 Å². The number of alkyl halides is 3. The number of rotatable bonds is 4. The molecule has 0 aromatic rings. The molecule has 0 spiro atoms. The van der Waals surface area contributed by atoms with Crippen LogP contribution in [0.15, 0.2) is 0 Å². The number of hydrogen-bond donors (Lipinski definition) is 2. The lowest BCUT2D eigenvalue weighted by Gasteiger charge is -2.38. The van der Waals surface area contributed by atoms with Crippen LogP contribution >= 0.6 is 0 Å². The van der Waals surface area contributed by atoms with E-state index in [0.29, 0.717) is 25.6 Å². The van der Waals surface area contributed by atoms with Crippen molar-refractivity contribution in [3.8, 4) is 0 Å². The quantitative estimate of drug-likeness (QED) is 0.808. The molecule has 106 valence electrons. The Balaban J connectivity index is 1.83. The van der Waals surface area contributed by atoms with Gasteiger partial charge in [-0.05, 0) is 44.7 Å². The summed E-state index contributed by atoms with van der Waals surface area (Å²) in [6.07, 6.45) is -1.73. The molecular weight excluding hydrogens is 245 g/mol. The van der Waals surface area contributed by atoms with E-state index >= 15 is 0 Å². The molecule has 2 rings (SSSR count). The highest BCUT2D eigenvalue weighted by Gasteiger charge is 2.45. The zero-order valence-electron chi connectivity index (χ0n) is 10.4. The standard InChI is InChI=1S/C12H21F3N2O/c13-12(14,15)10-3-5-17(6-4-10)7-11(16,8-18)9-1-2-9/h9-10,18H,1-8,16H2. The van der Waals surface area contributed by atoms with E-state index < -0.39 is 17.6 Å². The van der Waals surface area contributed by atoms with Crippen LogP contribution in [0.2, 0.25) is 0 Å². The number of nitrogens with zero attached hydrogens (tertiary/aromatic N) is 1. The fourth-order valence-corrected chi connectivity index (χ4v) is 2.80. The van der Waals surface area contributed by atoms with Gasteiger partial charge in [-0.15, -0.1) is 0 Å². The molecule has 0 aromatic carbocycles. The van der Waals surface area contributed by atoms with E-state index in [1.807, 2.05) is 4.90 Å². The van der Waals surface area contributed by atoms with Gasteiger partial charge in [-0.3, -0.25) is 0 Å². The van der Waals surface area contributed by atoms with Crippen molar-refractivity contribution in [1.82, 2.24) is 4.90 Å². The summed E-state index contributed by atoms with van der Waals surface area (Å²) < 4.78 is 37.6. The third-order valence-electron chi connectivity index (χ3n) is 4.25. The Morgan fingerprint density at radius 2 is 1.61 bits per heavy atom. The van der Waals surface area contributed by atoms with Gasteiger partial charge in [0.25, 0.3) is 0 Å². The largest absolute Gasteiger partial charge is 0.394 e. The Kier molecular flexibility index (Phi) is 3.90. The van der Waals surface area contributed by atoms with E-state index in [9.17, 15) is 18.3 Å². The molecule has 1 saturated heterocycles. The Morgan fingerprint density at radius 1 is 1.06 bits per heavy atom. The first-order valence-corrected chi connectivity index (χ1v) is 6.54. The molecule has 6 heteroatoms. The second-order valence-electron chi connectivity index (χ2n) is 5.76. The number of aliphatic hydroxyl groups excluding tert-OH is 1. The molecule has 3 N–H and O–H groups in total. The Labute approximate surface area is 105 Å². The lowest BCUT2D eigenvalue weighted by atomic mass is 9.91. The zero-order chi connectivity index (χ0) is 13.4. The third kappa shape index (κ3) is 3.16. The highest BCUT2D eigenvalue weighted by molar-refractivity contribution is 5.00. The van der Waals surface area contributed by atoms with Crippen LogP contribution in [0.3, 0.4) is 0 Å². The number of hydrogen-bond acceptors (Lipinski definition) is 3. The highest BCUT2D eigenvalue weighted by atomic mass is 19.4. The molecule has 18 heavy (non-hydrogen) atoms. The molecule has 2 aliphatic rings. The summed E-state index contributed by atoms with van der Waals surface area (Å²) in [6.45, 7) is 1.28. The molecule has 0 bridgehead atoms. The van der Waals surface area contributed by atoms with Crippen LogP contribution in [0.25, 0.3) is 0 Å². The highest BCUT2D eigenvalue weighted by Crippen LogP contribution is 2.39. The Bertz CT molecular complexity index is 286. The summed E-state index contributed by atoms with van der Waals surface area (Å²) >= 11 is 0. The molecule has 3 nitrogen and oxygen atoms in total. The van der Waals surface area contributed by atoms with E-state index in [1.165, 1.54) is 0 Å². The predicted octanol–water partition coefficient (Wildman–Crippen LogP) is 1.36. The minimum Gasteiger partial charge on any atom is -0.394 e. The first kappa shape index (κ1) is 14.1. The van der Waals surface area contributed by atoms with Crippen LogP contribution in [0.1, 0.15) is 25.7 Å². The first-order valence-electron chi connectivity index (χ1n) is 6.54. The van der Waals surface area contributed by atoms with Crippen molar-refractivity contribution in [1.29, 1.82) is 0 Å². The van der Waals surface area contributed by atoms with Gasteiger partial charge in [0.1, 0.15) is 0 Å². The molecule has 1 heterocycles. The predicted molar refractivity (Wildman–Crippen MR) is 61.9 cm³/mol. The summed E-state index contributed by atoms with van der Waals surface area (Å²) in [5.41, 5.74) is 5.52. The Morgan fingerprint density at radius 3 is 2.00 bits per heavy atom. The molecule has 1 unspecified atom stereocenters. The molecule has 1 saturated carbocycles. The van der Waals surface area contributed by atoms with Gasteiger partial charge in [0.2, 0.25) is 0 Å². The summed E-state index contributed by atoms with van der Waals surface area (Å²) in [5, 5.41) is 9.38. The molecule has 1 atom stereocenters. The second-order valence-corrected chi connectivity index (χ2v) is 5.76. The van der Waals surface area contributed by atoms with Crippen LogP contribution in [-0.2, 0) is 0 Å². The van der Waals surface area contributed by atoms with E-state index in [1.54, 1.807) is 0 Å². The average molecular weight is 266 g/mol. The number of piperidine rings is 1. The zero-order valence-corrected chi connectivity index (χ0v) is 10.4. The molecule has 0 aromatic heterocycles. The van der Waals surface area contributed by atoms with Crippen molar-refractivity contribution in [2.75, 3.05) is 26.2 Å². The van der Waals surface area contributed by atoms with Crippen molar-refractivity contribution in [2.45, 2.75) is 37.4 Å². The second kappa shape index (κ2) is 4.98. The lowest BCUT2D eigenvalue weighted by Crippen LogP contribution is -2.56. The fraction of sp³-hybridized carbons (Fsp3) is 1.00. The summed E-state index contributed by atoms with van der Waals surface area (Å²) in [4.78, 5) is 1.97. The maximum atomic E-state index is 12.5. The van der Waals surface area contributed by atoms with E-state index in [-0.39, 0.29) is 19.4 Å². The number of nitrogens with two attached hydrogens (primary N) is 1. The van der Waals surface area contributed by atoms with Crippen LogP contribution in [-0.4, -0.2) is 48.0 Å². The molecular formula is C12H21F3N2O. The molecule has 0 radical (unpaired) electrons. The van der Waals surface area contributed by atoms with Crippen molar-refractivity contribution < 1.29 is 18.3 Å². The van der Waals surface area contributed by atoms with Gasteiger partial charge in [-0.25, -0.2) is 0 Å². The van der Waals surface area contributed by atoms with Crippen LogP contribution in [0, 0.1) is 11.8 Å². The van der Waals surface area contributed by atoms with E-state index in [4.69, 9.17) is 5.73 Å². The van der Waals surface area contributed by atoms with Gasteiger partial charge in [-0.1, -0.05) is 0 Å². The van der Waals surface area contributed by atoms with Gasteiger partial charge >= 0.3 is 6.18 Å². The van der Waals surface area contributed by atoms with Gasteiger partial charge in [0, 0.05) is 6.54 Å². The fourth-order valence-electron chi connectivity index (χ4n) is 2.80. The van der Waals surface area contributed by atoms with Crippen molar-refractivity contribution in [2.24, 2.45) is 17.6 Å². The molecule has 1 aliphatic heterocycles. The van der Waals surface area contributed by atoms with Crippen LogP contribution < -0.4 is 5.73 Å². The normalized spacial score (nSPS) is 27.2. The summed E-state index contributed by atoms with van der Waals surface area (Å²) in [7, 11) is 0. The maximum Gasteiger partial charge on any atom is 0.391 e. The summed E-state index contributed by atoms with van der Waals surface area (Å²) in [6, 6.07) is 0. The molecule has 1 aliphatic carbocycles.